The van der Waals surface area contributed by atoms with Gasteiger partial charge in [-0.25, -0.2) is 4.39 Å². The zero-order chi connectivity index (χ0) is 18.0. The molecule has 4 rings (SSSR count). The van der Waals surface area contributed by atoms with Crippen LogP contribution in [0.15, 0.2) is 24.3 Å². The van der Waals surface area contributed by atoms with E-state index in [0.717, 1.165) is 31.4 Å². The van der Waals surface area contributed by atoms with E-state index in [1.165, 1.54) is 63.6 Å². The van der Waals surface area contributed by atoms with Crippen LogP contribution in [0.1, 0.15) is 69.8 Å². The van der Waals surface area contributed by atoms with Crippen LogP contribution in [0.4, 0.5) is 4.39 Å². The Morgan fingerprint density at radius 2 is 1.69 bits per heavy atom. The van der Waals surface area contributed by atoms with Crippen molar-refractivity contribution >= 4 is 5.91 Å². The zero-order valence-electron chi connectivity index (χ0n) is 15.7. The lowest BCUT2D eigenvalue weighted by Crippen LogP contribution is -2.52. The maximum Gasteiger partial charge on any atom is 0.230 e. The molecule has 2 saturated carbocycles. The number of nitrogens with zero attached hydrogens (tertiary/aromatic N) is 1. The first-order chi connectivity index (χ1) is 12.7. The van der Waals surface area contributed by atoms with Gasteiger partial charge in [-0.05, 0) is 62.8 Å². The third kappa shape index (κ3) is 3.80. The van der Waals surface area contributed by atoms with Crippen molar-refractivity contribution in [2.75, 3.05) is 13.1 Å². The molecular weight excluding hydrogens is 327 g/mol. The van der Waals surface area contributed by atoms with Crippen LogP contribution in [0.2, 0.25) is 0 Å². The summed E-state index contributed by atoms with van der Waals surface area (Å²) in [6.45, 7) is 2.18. The first kappa shape index (κ1) is 18.0. The van der Waals surface area contributed by atoms with E-state index in [1.807, 2.05) is 0 Å². The topological polar surface area (TPSA) is 32.3 Å². The minimum Gasteiger partial charge on any atom is -0.351 e. The number of hydrogen-bond acceptors (Lipinski definition) is 2. The maximum absolute atomic E-state index is 13.2. The van der Waals surface area contributed by atoms with Crippen molar-refractivity contribution in [2.45, 2.75) is 81.7 Å². The molecule has 0 spiro atoms. The van der Waals surface area contributed by atoms with E-state index in [4.69, 9.17) is 0 Å². The van der Waals surface area contributed by atoms with Gasteiger partial charge in [0, 0.05) is 18.6 Å². The Morgan fingerprint density at radius 1 is 1.00 bits per heavy atom. The summed E-state index contributed by atoms with van der Waals surface area (Å²) in [4.78, 5) is 15.6. The first-order valence-electron chi connectivity index (χ1n) is 10.5. The molecule has 2 aliphatic carbocycles. The van der Waals surface area contributed by atoms with Gasteiger partial charge in [-0.1, -0.05) is 37.8 Å². The van der Waals surface area contributed by atoms with E-state index in [2.05, 4.69) is 10.2 Å². The van der Waals surface area contributed by atoms with Crippen molar-refractivity contribution in [3.05, 3.63) is 35.6 Å². The molecule has 1 aromatic carbocycles. The van der Waals surface area contributed by atoms with Crippen molar-refractivity contribution in [2.24, 2.45) is 0 Å². The SMILES string of the molecule is O=C(NC1CCCN(C2CCCCCC2)C1)C1(c2ccc(F)cc2)CC1. The van der Waals surface area contributed by atoms with E-state index < -0.39 is 5.41 Å². The Labute approximate surface area is 156 Å². The Kier molecular flexibility index (Phi) is 5.30. The van der Waals surface area contributed by atoms with Crippen LogP contribution in [-0.2, 0) is 10.2 Å². The fourth-order valence-electron chi connectivity index (χ4n) is 4.94. The Balaban J connectivity index is 1.37. The quantitative estimate of drug-likeness (QED) is 0.820. The number of carbonyl (C=O) groups excluding carboxylic acids is 1. The van der Waals surface area contributed by atoms with E-state index in [0.29, 0.717) is 6.04 Å². The van der Waals surface area contributed by atoms with Crippen LogP contribution in [-0.4, -0.2) is 36.0 Å². The highest BCUT2D eigenvalue weighted by molar-refractivity contribution is 5.91. The largest absolute Gasteiger partial charge is 0.351 e. The van der Waals surface area contributed by atoms with Gasteiger partial charge in [0.15, 0.2) is 0 Å². The fraction of sp³-hybridized carbons (Fsp3) is 0.682. The van der Waals surface area contributed by atoms with E-state index in [-0.39, 0.29) is 17.8 Å². The minimum absolute atomic E-state index is 0.150. The highest BCUT2D eigenvalue weighted by atomic mass is 19.1. The summed E-state index contributed by atoms with van der Waals surface area (Å²) in [6.07, 6.45) is 12.1. The molecule has 1 saturated heterocycles. The van der Waals surface area contributed by atoms with Gasteiger partial charge in [0.05, 0.1) is 5.41 Å². The smallest absolute Gasteiger partial charge is 0.230 e. The predicted octanol–water partition coefficient (Wildman–Crippen LogP) is 4.16. The van der Waals surface area contributed by atoms with Crippen molar-refractivity contribution in [3.63, 3.8) is 0 Å². The van der Waals surface area contributed by atoms with Gasteiger partial charge in [0.1, 0.15) is 5.82 Å². The van der Waals surface area contributed by atoms with Gasteiger partial charge in [-0.2, -0.15) is 0 Å². The van der Waals surface area contributed by atoms with Gasteiger partial charge in [-0.3, -0.25) is 9.69 Å². The molecule has 1 atom stereocenters. The number of halogens is 1. The van der Waals surface area contributed by atoms with Crippen LogP contribution < -0.4 is 5.32 Å². The van der Waals surface area contributed by atoms with Crippen LogP contribution in [0, 0.1) is 5.82 Å². The fourth-order valence-corrected chi connectivity index (χ4v) is 4.94. The van der Waals surface area contributed by atoms with Crippen LogP contribution in [0.25, 0.3) is 0 Å². The van der Waals surface area contributed by atoms with E-state index in [9.17, 15) is 9.18 Å². The molecule has 0 radical (unpaired) electrons. The summed E-state index contributed by atoms with van der Waals surface area (Å²) in [6, 6.07) is 7.47. The lowest BCUT2D eigenvalue weighted by Gasteiger charge is -2.38. The molecule has 0 bridgehead atoms. The Morgan fingerprint density at radius 3 is 2.35 bits per heavy atom. The van der Waals surface area contributed by atoms with Crippen LogP contribution in [0.3, 0.4) is 0 Å². The Bertz CT molecular complexity index is 618. The molecule has 1 aliphatic heterocycles. The molecule has 1 amide bonds. The van der Waals surface area contributed by atoms with Crippen LogP contribution in [0.5, 0.6) is 0 Å². The molecule has 1 N–H and O–H groups in total. The van der Waals surface area contributed by atoms with Gasteiger partial charge in [0.2, 0.25) is 5.91 Å². The normalized spacial score (nSPS) is 26.9. The molecule has 3 aliphatic rings. The second-order valence-electron chi connectivity index (χ2n) is 8.54. The number of nitrogens with one attached hydrogen (secondary N) is 1. The minimum atomic E-state index is -0.404. The summed E-state index contributed by atoms with van der Waals surface area (Å²) >= 11 is 0. The highest BCUT2D eigenvalue weighted by Gasteiger charge is 2.51. The third-order valence-electron chi connectivity index (χ3n) is 6.71. The van der Waals surface area contributed by atoms with Crippen LogP contribution >= 0.6 is 0 Å². The molecule has 142 valence electrons. The van der Waals surface area contributed by atoms with Gasteiger partial charge in [0.25, 0.3) is 0 Å². The lowest BCUT2D eigenvalue weighted by atomic mass is 9.93. The summed E-state index contributed by atoms with van der Waals surface area (Å²) in [5, 5.41) is 3.35. The first-order valence-corrected chi connectivity index (χ1v) is 10.5. The average Bonchev–Trinajstić information content (AvgIpc) is 3.47. The standard InChI is InChI=1S/C22H31FN2O/c23-18-11-9-17(10-12-18)22(13-14-22)21(26)24-19-6-5-15-25(16-19)20-7-3-1-2-4-8-20/h9-12,19-20H,1-8,13-16H2,(H,24,26). The zero-order valence-corrected chi connectivity index (χ0v) is 15.7. The molecule has 1 aromatic rings. The highest BCUT2D eigenvalue weighted by Crippen LogP contribution is 2.48. The lowest BCUT2D eigenvalue weighted by molar-refractivity contribution is -0.124. The van der Waals surface area contributed by atoms with Gasteiger partial charge in [-0.15, -0.1) is 0 Å². The summed E-state index contributed by atoms with van der Waals surface area (Å²) in [5.41, 5.74) is 0.561. The number of carbonyl (C=O) groups is 1. The van der Waals surface area contributed by atoms with E-state index >= 15 is 0 Å². The number of hydrogen-bond donors (Lipinski definition) is 1. The molecule has 0 aromatic heterocycles. The van der Waals surface area contributed by atoms with Crippen molar-refractivity contribution in [3.8, 4) is 0 Å². The second-order valence-corrected chi connectivity index (χ2v) is 8.54. The molecule has 1 unspecified atom stereocenters. The molecule has 1 heterocycles. The van der Waals surface area contributed by atoms with Crippen molar-refractivity contribution < 1.29 is 9.18 Å². The monoisotopic (exact) mass is 358 g/mol. The predicted molar refractivity (Wildman–Crippen MR) is 102 cm³/mol. The molecule has 3 nitrogen and oxygen atoms in total. The van der Waals surface area contributed by atoms with Crippen molar-refractivity contribution in [1.82, 2.24) is 10.2 Å². The molecule has 4 heteroatoms. The van der Waals surface area contributed by atoms with E-state index in [1.54, 1.807) is 12.1 Å². The van der Waals surface area contributed by atoms with Gasteiger partial charge >= 0.3 is 0 Å². The van der Waals surface area contributed by atoms with Gasteiger partial charge < -0.3 is 5.32 Å². The number of benzene rings is 1. The molecule has 3 fully saturated rings. The third-order valence-corrected chi connectivity index (χ3v) is 6.71. The molecule has 26 heavy (non-hydrogen) atoms. The number of piperidine rings is 1. The molecular formula is C22H31FN2O. The number of rotatable bonds is 4. The summed E-state index contributed by atoms with van der Waals surface area (Å²) < 4.78 is 13.2. The Hall–Kier alpha value is -1.42. The van der Waals surface area contributed by atoms with Crippen molar-refractivity contribution in [1.29, 1.82) is 0 Å². The maximum atomic E-state index is 13.2. The number of likely N-dealkylation sites (tertiary alicyclic amines) is 1. The summed E-state index contributed by atoms with van der Waals surface area (Å²) in [7, 11) is 0. The summed E-state index contributed by atoms with van der Waals surface area (Å²) in [5.74, 6) is -0.0897. The second kappa shape index (κ2) is 7.67. The average molecular weight is 359 g/mol. The number of amides is 1.